The second kappa shape index (κ2) is 13.4. The number of carboxylic acid groups (broad SMARTS) is 1. The minimum Gasteiger partial charge on any atom is -0.478 e. The number of aromatic carboxylic acids is 1. The highest BCUT2D eigenvalue weighted by Gasteiger charge is 2.70. The number of benzene rings is 1. The highest BCUT2D eigenvalue weighted by molar-refractivity contribution is 7.91. The summed E-state index contributed by atoms with van der Waals surface area (Å²) in [6, 6.07) is 11.1. The highest BCUT2D eigenvalue weighted by atomic mass is 32.2. The Morgan fingerprint density at radius 3 is 2.25 bits per heavy atom. The van der Waals surface area contributed by atoms with Gasteiger partial charge in [0.05, 0.1) is 17.1 Å². The molecule has 10 unspecified atom stereocenters. The Labute approximate surface area is 333 Å². The van der Waals surface area contributed by atoms with Gasteiger partial charge in [-0.25, -0.2) is 13.2 Å². The maximum absolute atomic E-state index is 14.8. The molecule has 2 aromatic rings. The lowest BCUT2D eigenvalue weighted by Gasteiger charge is -2.72. The molecule has 1 aliphatic heterocycles. The van der Waals surface area contributed by atoms with E-state index in [9.17, 15) is 23.1 Å². The number of carbonyl (C=O) groups is 2. The van der Waals surface area contributed by atoms with Crippen molar-refractivity contribution in [2.24, 2.45) is 51.2 Å². The van der Waals surface area contributed by atoms with Crippen LogP contribution in [0.3, 0.4) is 0 Å². The van der Waals surface area contributed by atoms with Gasteiger partial charge in [0.15, 0.2) is 9.84 Å². The van der Waals surface area contributed by atoms with Crippen LogP contribution < -0.4 is 5.32 Å². The molecule has 0 spiro atoms. The standard InChI is InChI=1S/C46H62N2O5S2/c1-29(2)32-16-21-46(47-40(49)39(35-9-8-26-54-35)48-24-27-55(52,53)28-25-48)23-22-44(6)34(38(32)46)14-15-37-43(5)19-17-33(30-10-12-31(13-11-30)41(50)51)42(3,4)36(43)18-20-45(37,44)7/h8-13,17,26,32,34,36-39H,1,14-16,18-25,27-28H2,2-7H3,(H,47,49)(H,50,51). The normalized spacial score (nSPS) is 39.7. The van der Waals surface area contributed by atoms with E-state index in [1.54, 1.807) is 23.5 Å². The number of rotatable bonds is 7. The van der Waals surface area contributed by atoms with Crippen molar-refractivity contribution in [3.05, 3.63) is 76.0 Å². The average Bonchev–Trinajstić information content (AvgIpc) is 3.78. The average molecular weight is 787 g/mol. The van der Waals surface area contributed by atoms with Gasteiger partial charge < -0.3 is 10.4 Å². The zero-order chi connectivity index (χ0) is 39.3. The summed E-state index contributed by atoms with van der Waals surface area (Å²) in [4.78, 5) is 29.5. The Hall–Kier alpha value is -2.75. The van der Waals surface area contributed by atoms with Crippen molar-refractivity contribution >= 4 is 38.6 Å². The Balaban J connectivity index is 1.10. The summed E-state index contributed by atoms with van der Waals surface area (Å²) in [5.74, 6) is 1.61. The summed E-state index contributed by atoms with van der Waals surface area (Å²) in [5.41, 5.74) is 4.16. The van der Waals surface area contributed by atoms with Gasteiger partial charge >= 0.3 is 5.97 Å². The molecule has 1 saturated heterocycles. The third-order valence-corrected chi connectivity index (χ3v) is 19.8. The largest absolute Gasteiger partial charge is 0.478 e. The number of hydrogen-bond acceptors (Lipinski definition) is 6. The maximum Gasteiger partial charge on any atom is 0.335 e. The van der Waals surface area contributed by atoms with E-state index >= 15 is 0 Å². The predicted molar refractivity (Wildman–Crippen MR) is 221 cm³/mol. The van der Waals surface area contributed by atoms with E-state index in [4.69, 9.17) is 0 Å². The lowest BCUT2D eigenvalue weighted by molar-refractivity contribution is -0.219. The molecule has 2 N–H and O–H groups in total. The molecule has 298 valence electrons. The minimum atomic E-state index is -3.08. The SMILES string of the molecule is C=C(C)C1CCC2(NC(=O)C(c3cccs3)N3CCS(=O)(=O)CC3)CCC3(C)C(CCC4C5(C)CC=C(c6ccc(C(=O)O)cc6)C(C)(C)C5CCC43C)C12. The molecule has 8 rings (SSSR count). The summed E-state index contributed by atoms with van der Waals surface area (Å²) in [5, 5.41) is 15.4. The maximum atomic E-state index is 14.8. The molecule has 5 aliphatic carbocycles. The van der Waals surface area contributed by atoms with Crippen LogP contribution in [0.5, 0.6) is 0 Å². The first-order chi connectivity index (χ1) is 25.9. The molecule has 5 fully saturated rings. The summed E-state index contributed by atoms with van der Waals surface area (Å²) < 4.78 is 24.8. The molecular formula is C46H62N2O5S2. The monoisotopic (exact) mass is 786 g/mol. The van der Waals surface area contributed by atoms with Crippen molar-refractivity contribution in [2.45, 2.75) is 111 Å². The van der Waals surface area contributed by atoms with Gasteiger partial charge in [0.1, 0.15) is 6.04 Å². The van der Waals surface area contributed by atoms with Crippen LogP contribution in [0.25, 0.3) is 5.57 Å². The zero-order valence-electron chi connectivity index (χ0n) is 33.8. The summed E-state index contributed by atoms with van der Waals surface area (Å²) in [7, 11) is -3.08. The number of carboxylic acids is 1. The molecule has 0 bridgehead atoms. The number of fused-ring (bicyclic) bond motifs is 7. The second-order valence-electron chi connectivity index (χ2n) is 19.9. The van der Waals surface area contributed by atoms with Crippen LogP contribution in [0.4, 0.5) is 0 Å². The van der Waals surface area contributed by atoms with Crippen molar-refractivity contribution in [3.8, 4) is 0 Å². The summed E-state index contributed by atoms with van der Waals surface area (Å²) in [6.07, 6.45) is 12.4. The second-order valence-corrected chi connectivity index (χ2v) is 23.1. The Morgan fingerprint density at radius 1 is 0.909 bits per heavy atom. The van der Waals surface area contributed by atoms with E-state index in [1.807, 2.05) is 29.6 Å². The van der Waals surface area contributed by atoms with Gasteiger partial charge in [-0.3, -0.25) is 9.69 Å². The molecule has 7 nitrogen and oxygen atoms in total. The number of sulfone groups is 1. The summed E-state index contributed by atoms with van der Waals surface area (Å²) in [6.45, 7) is 20.3. The van der Waals surface area contributed by atoms with Gasteiger partial charge in [-0.2, -0.15) is 0 Å². The third kappa shape index (κ3) is 5.97. The van der Waals surface area contributed by atoms with Crippen molar-refractivity contribution in [1.29, 1.82) is 0 Å². The van der Waals surface area contributed by atoms with E-state index in [2.05, 4.69) is 64.4 Å². The van der Waals surface area contributed by atoms with Gasteiger partial charge in [0.2, 0.25) is 5.91 Å². The van der Waals surface area contributed by atoms with Crippen molar-refractivity contribution in [1.82, 2.24) is 10.2 Å². The van der Waals surface area contributed by atoms with Gasteiger partial charge in [0.25, 0.3) is 0 Å². The number of carbonyl (C=O) groups excluding carboxylic acids is 1. The predicted octanol–water partition coefficient (Wildman–Crippen LogP) is 9.44. The van der Waals surface area contributed by atoms with Crippen LogP contribution in [-0.4, -0.2) is 60.4 Å². The first-order valence-electron chi connectivity index (χ1n) is 20.9. The molecule has 1 aromatic carbocycles. The number of thiophene rings is 1. The minimum absolute atomic E-state index is 0.0373. The van der Waals surface area contributed by atoms with Crippen molar-refractivity contribution in [2.75, 3.05) is 24.6 Å². The Bertz CT molecular complexity index is 1990. The van der Waals surface area contributed by atoms with Crippen LogP contribution in [0, 0.1) is 51.2 Å². The fraction of sp³-hybridized carbons (Fsp3) is 0.652. The Kier molecular flexibility index (Phi) is 9.53. The van der Waals surface area contributed by atoms with E-state index in [0.29, 0.717) is 48.2 Å². The number of nitrogens with zero attached hydrogens (tertiary/aromatic N) is 1. The lowest BCUT2D eigenvalue weighted by atomic mass is 9.33. The number of hydrogen-bond donors (Lipinski definition) is 2. The van der Waals surface area contributed by atoms with Gasteiger partial charge in [-0.1, -0.05) is 71.0 Å². The fourth-order valence-corrected chi connectivity index (χ4v) is 16.6. The van der Waals surface area contributed by atoms with Gasteiger partial charge in [-0.15, -0.1) is 11.3 Å². The number of allylic oxidation sites excluding steroid dienone is 3. The zero-order valence-corrected chi connectivity index (χ0v) is 35.5. The van der Waals surface area contributed by atoms with Crippen LogP contribution in [-0.2, 0) is 14.6 Å². The quantitative estimate of drug-likeness (QED) is 0.271. The molecule has 1 aromatic heterocycles. The first kappa shape index (κ1) is 39.1. The van der Waals surface area contributed by atoms with Gasteiger partial charge in [-0.05, 0) is 151 Å². The summed E-state index contributed by atoms with van der Waals surface area (Å²) >= 11 is 1.59. The van der Waals surface area contributed by atoms with Crippen molar-refractivity contribution < 1.29 is 23.1 Å². The fourth-order valence-electron chi connectivity index (χ4n) is 14.5. The molecule has 10 atom stereocenters. The highest BCUT2D eigenvalue weighted by Crippen LogP contribution is 2.76. The third-order valence-electron chi connectivity index (χ3n) is 17.3. The number of nitrogens with one attached hydrogen (secondary N) is 1. The molecule has 1 amide bonds. The Morgan fingerprint density at radius 2 is 1.62 bits per heavy atom. The topological polar surface area (TPSA) is 104 Å². The molecule has 55 heavy (non-hydrogen) atoms. The van der Waals surface area contributed by atoms with Crippen LogP contribution in [0.1, 0.15) is 126 Å². The van der Waals surface area contributed by atoms with Crippen molar-refractivity contribution in [3.63, 3.8) is 0 Å². The van der Waals surface area contributed by atoms with Crippen LogP contribution >= 0.6 is 11.3 Å². The molecule has 9 heteroatoms. The van der Waals surface area contributed by atoms with E-state index < -0.39 is 21.8 Å². The van der Waals surface area contributed by atoms with E-state index in [1.165, 1.54) is 30.4 Å². The van der Waals surface area contributed by atoms with Crippen LogP contribution in [0.2, 0.25) is 0 Å². The molecule has 0 radical (unpaired) electrons. The van der Waals surface area contributed by atoms with E-state index in [-0.39, 0.29) is 44.6 Å². The smallest absolute Gasteiger partial charge is 0.335 e. The number of amides is 1. The van der Waals surface area contributed by atoms with Gasteiger partial charge in [0, 0.05) is 23.5 Å². The van der Waals surface area contributed by atoms with E-state index in [0.717, 1.165) is 49.0 Å². The van der Waals surface area contributed by atoms with Crippen LogP contribution in [0.15, 0.2) is 60.0 Å². The molecular weight excluding hydrogens is 725 g/mol. The lowest BCUT2D eigenvalue weighted by Crippen LogP contribution is -2.68. The molecule has 2 heterocycles. The first-order valence-corrected chi connectivity index (χ1v) is 23.6. The molecule has 6 aliphatic rings. The molecule has 4 saturated carbocycles.